The van der Waals surface area contributed by atoms with Crippen LogP contribution >= 0.6 is 22.0 Å². The van der Waals surface area contributed by atoms with Crippen LogP contribution < -0.4 is 4.72 Å². The van der Waals surface area contributed by atoms with E-state index < -0.39 is 21.8 Å². The van der Waals surface area contributed by atoms with E-state index in [1.54, 1.807) is 12.3 Å². The average Bonchev–Trinajstić information content (AvgIpc) is 2.73. The van der Waals surface area contributed by atoms with Gasteiger partial charge in [-0.15, -0.1) is 0 Å². The van der Waals surface area contributed by atoms with Crippen LogP contribution in [0.1, 0.15) is 30.5 Å². The van der Waals surface area contributed by atoms with Crippen LogP contribution in [0.2, 0.25) is 0 Å². The van der Waals surface area contributed by atoms with Crippen molar-refractivity contribution in [2.75, 3.05) is 18.8 Å². The molecular formula is C24H27F3N2S2. The lowest BCUT2D eigenvalue weighted by Crippen LogP contribution is -2.09. The number of rotatable bonds is 4. The van der Waals surface area contributed by atoms with Crippen molar-refractivity contribution >= 4 is 32.9 Å². The van der Waals surface area contributed by atoms with E-state index in [9.17, 15) is 13.2 Å². The van der Waals surface area contributed by atoms with E-state index in [0.717, 1.165) is 22.5 Å². The minimum absolute atomic E-state index is 0.0180. The quantitative estimate of drug-likeness (QED) is 0.330. The van der Waals surface area contributed by atoms with Crippen molar-refractivity contribution in [3.63, 3.8) is 0 Å². The zero-order chi connectivity index (χ0) is 23.1. The molecule has 1 N–H and O–H groups in total. The van der Waals surface area contributed by atoms with Gasteiger partial charge in [-0.25, -0.2) is 0 Å². The van der Waals surface area contributed by atoms with Gasteiger partial charge in [-0.05, 0) is 71.9 Å². The van der Waals surface area contributed by atoms with Crippen LogP contribution in [0.4, 0.5) is 13.2 Å². The highest BCUT2D eigenvalue weighted by Crippen LogP contribution is 2.36. The summed E-state index contributed by atoms with van der Waals surface area (Å²) in [5.74, 6) is 2.72. The van der Waals surface area contributed by atoms with Crippen molar-refractivity contribution in [1.29, 1.82) is 0 Å². The number of fused-ring (bicyclic) bond motifs is 1. The molecule has 0 radical (unpaired) electrons. The second-order valence-electron chi connectivity index (χ2n) is 7.18. The van der Waals surface area contributed by atoms with Gasteiger partial charge in [-0.3, -0.25) is 9.71 Å². The summed E-state index contributed by atoms with van der Waals surface area (Å²) in [4.78, 5) is 4.81. The van der Waals surface area contributed by atoms with Crippen molar-refractivity contribution in [3.05, 3.63) is 71.4 Å². The molecule has 1 aromatic heterocycles. The second kappa shape index (κ2) is 10.9. The molecule has 31 heavy (non-hydrogen) atoms. The smallest absolute Gasteiger partial charge is 0.256 e. The largest absolute Gasteiger partial charge is 0.417 e. The topological polar surface area (TPSA) is 24.9 Å². The number of nitrogens with zero attached hydrogens (tertiary/aromatic N) is 1. The summed E-state index contributed by atoms with van der Waals surface area (Å²) in [6.07, 6.45) is 3.13. The zero-order valence-corrected chi connectivity index (χ0v) is 19.9. The van der Waals surface area contributed by atoms with Crippen molar-refractivity contribution in [2.24, 2.45) is 0 Å². The molecule has 0 saturated carbocycles. The first kappa shape index (κ1) is 25.1. The molecule has 0 unspecified atom stereocenters. The third-order valence-electron chi connectivity index (χ3n) is 3.98. The lowest BCUT2D eigenvalue weighted by atomic mass is 10.1. The van der Waals surface area contributed by atoms with Gasteiger partial charge in [0, 0.05) is 28.6 Å². The number of hydrogen-bond acceptors (Lipinski definition) is 3. The van der Waals surface area contributed by atoms with Crippen LogP contribution in [0.25, 0.3) is 10.9 Å². The SMILES string of the molecule is CC.CS(C)(C)C#Cc1ccc(SNCc2ccnc3ccccc23)cc1C(F)(F)F. The molecule has 2 nitrogen and oxygen atoms in total. The standard InChI is InChI=1S/C22H21F3N2S2.C2H6/c1-29(2,3)13-11-16-8-9-18(14-20(16)22(23,24)25)28-27-15-17-10-12-26-21-7-5-4-6-19(17)21;1-2/h4-10,12,14,27H,15H2,1-3H3;1-2H3. The van der Waals surface area contributed by atoms with Crippen LogP contribution in [-0.4, -0.2) is 23.8 Å². The van der Waals surface area contributed by atoms with E-state index in [1.165, 1.54) is 18.0 Å². The predicted octanol–water partition coefficient (Wildman–Crippen LogP) is 7.08. The predicted molar refractivity (Wildman–Crippen MR) is 129 cm³/mol. The minimum Gasteiger partial charge on any atom is -0.256 e. The summed E-state index contributed by atoms with van der Waals surface area (Å²) in [6.45, 7) is 4.50. The fourth-order valence-electron chi connectivity index (χ4n) is 2.64. The molecular weight excluding hydrogens is 437 g/mol. The summed E-state index contributed by atoms with van der Waals surface area (Å²) in [5.41, 5.74) is 1.24. The Morgan fingerprint density at radius 3 is 2.42 bits per heavy atom. The molecule has 7 heteroatoms. The van der Waals surface area contributed by atoms with Gasteiger partial charge < -0.3 is 0 Å². The van der Waals surface area contributed by atoms with Crippen LogP contribution in [0.15, 0.2) is 59.6 Å². The summed E-state index contributed by atoms with van der Waals surface area (Å²) >= 11 is 1.17. The van der Waals surface area contributed by atoms with E-state index in [-0.39, 0.29) is 5.56 Å². The van der Waals surface area contributed by atoms with Gasteiger partial charge in [0.1, 0.15) is 0 Å². The Morgan fingerprint density at radius 1 is 1.03 bits per heavy atom. The zero-order valence-electron chi connectivity index (χ0n) is 18.3. The fraction of sp³-hybridized carbons (Fsp3) is 0.292. The van der Waals surface area contributed by atoms with Gasteiger partial charge in [-0.1, -0.05) is 38.0 Å². The first-order chi connectivity index (χ1) is 14.6. The molecule has 0 amide bonds. The average molecular weight is 465 g/mol. The molecule has 0 bridgehead atoms. The molecule has 3 rings (SSSR count). The number of para-hydroxylation sites is 1. The molecule has 0 spiro atoms. The number of aromatic nitrogens is 1. The Hall–Kier alpha value is -2.14. The first-order valence-corrected chi connectivity index (χ1v) is 13.5. The van der Waals surface area contributed by atoms with Gasteiger partial charge in [-0.2, -0.15) is 23.2 Å². The van der Waals surface area contributed by atoms with Crippen LogP contribution in [0, 0.1) is 11.2 Å². The van der Waals surface area contributed by atoms with E-state index in [0.29, 0.717) is 11.4 Å². The van der Waals surface area contributed by atoms with E-state index in [4.69, 9.17) is 0 Å². The number of pyridine rings is 1. The Morgan fingerprint density at radius 2 is 1.74 bits per heavy atom. The molecule has 0 aliphatic rings. The summed E-state index contributed by atoms with van der Waals surface area (Å²) in [7, 11) is -1.21. The molecule has 0 fully saturated rings. The lowest BCUT2D eigenvalue weighted by molar-refractivity contribution is -0.137. The molecule has 0 atom stereocenters. The van der Waals surface area contributed by atoms with Gasteiger partial charge in [0.25, 0.3) is 0 Å². The molecule has 1 heterocycles. The van der Waals surface area contributed by atoms with Crippen molar-refractivity contribution < 1.29 is 13.2 Å². The third kappa shape index (κ3) is 7.49. The van der Waals surface area contributed by atoms with Gasteiger partial charge in [0.05, 0.1) is 11.1 Å². The monoisotopic (exact) mass is 464 g/mol. The third-order valence-corrected chi connectivity index (χ3v) is 5.47. The van der Waals surface area contributed by atoms with Crippen molar-refractivity contribution in [2.45, 2.75) is 31.5 Å². The van der Waals surface area contributed by atoms with E-state index in [2.05, 4.69) is 20.9 Å². The highest BCUT2D eigenvalue weighted by molar-refractivity contribution is 8.35. The van der Waals surface area contributed by atoms with Gasteiger partial charge >= 0.3 is 6.18 Å². The number of halogens is 3. The summed E-state index contributed by atoms with van der Waals surface area (Å²) < 4.78 is 43.7. The Kier molecular flexibility index (Phi) is 8.87. The minimum atomic E-state index is -4.45. The molecule has 0 aliphatic heterocycles. The Bertz CT molecular complexity index is 1070. The molecule has 166 valence electrons. The number of benzene rings is 2. The Labute approximate surface area is 188 Å². The van der Waals surface area contributed by atoms with Gasteiger partial charge in [0.2, 0.25) is 0 Å². The maximum Gasteiger partial charge on any atom is 0.417 e. The van der Waals surface area contributed by atoms with Crippen molar-refractivity contribution in [1.82, 2.24) is 9.71 Å². The Balaban J connectivity index is 0.00000166. The first-order valence-electron chi connectivity index (χ1n) is 9.78. The number of nitrogens with one attached hydrogen (secondary N) is 1. The number of alkyl halides is 3. The van der Waals surface area contributed by atoms with Crippen LogP contribution in [0.3, 0.4) is 0 Å². The van der Waals surface area contributed by atoms with E-state index in [1.807, 2.05) is 62.9 Å². The maximum absolute atomic E-state index is 13.5. The van der Waals surface area contributed by atoms with Crippen molar-refractivity contribution in [3.8, 4) is 11.2 Å². The molecule has 2 aromatic carbocycles. The van der Waals surface area contributed by atoms with E-state index >= 15 is 0 Å². The second-order valence-corrected chi connectivity index (χ2v) is 12.0. The lowest BCUT2D eigenvalue weighted by Gasteiger charge is -2.16. The molecule has 3 aromatic rings. The van der Waals surface area contributed by atoms with Crippen LogP contribution in [-0.2, 0) is 12.7 Å². The number of hydrogen-bond donors (Lipinski definition) is 1. The summed E-state index contributed by atoms with van der Waals surface area (Å²) in [5, 5.41) is 3.98. The molecule has 0 aliphatic carbocycles. The molecule has 0 saturated heterocycles. The maximum atomic E-state index is 13.5. The highest BCUT2D eigenvalue weighted by atomic mass is 32.3. The normalized spacial score (nSPS) is 11.9. The summed E-state index contributed by atoms with van der Waals surface area (Å²) in [6, 6.07) is 14.0. The van der Waals surface area contributed by atoms with Gasteiger partial charge in [0.15, 0.2) is 0 Å². The fourth-order valence-corrected chi connectivity index (χ4v) is 3.77. The highest BCUT2D eigenvalue weighted by Gasteiger charge is 2.33. The van der Waals surface area contributed by atoms with Crippen LogP contribution in [0.5, 0.6) is 0 Å².